The van der Waals surface area contributed by atoms with Crippen LogP contribution in [0.25, 0.3) is 52.5 Å². The topological polar surface area (TPSA) is 52.1 Å². The van der Waals surface area contributed by atoms with Crippen LogP contribution in [0.15, 0.2) is 68.1 Å². The molecule has 8 heteroatoms. The van der Waals surface area contributed by atoms with Gasteiger partial charge in [-0.05, 0) is 47.2 Å². The minimum Gasteiger partial charge on any atom is -0.453 e. The monoisotopic (exact) mass is 438 g/mol. The average molecular weight is 439 g/mol. The number of furan rings is 2. The molecule has 0 amide bonds. The summed E-state index contributed by atoms with van der Waals surface area (Å²) < 4.78 is 12.0. The van der Waals surface area contributed by atoms with Crippen molar-refractivity contribution in [2.45, 2.75) is 0 Å². The maximum Gasteiger partial charge on any atom is 0.163 e. The Kier molecular flexibility index (Phi) is 3.83. The Morgan fingerprint density at radius 2 is 1.04 bits per heavy atom. The molecule has 0 aromatic carbocycles. The molecule has 6 aromatic rings. The second-order valence-electron chi connectivity index (χ2n) is 5.93. The molecule has 0 fully saturated rings. The van der Waals surface area contributed by atoms with Gasteiger partial charge in [-0.25, -0.2) is 9.97 Å². The van der Waals surface area contributed by atoms with Gasteiger partial charge in [-0.2, -0.15) is 0 Å². The summed E-state index contributed by atoms with van der Waals surface area (Å²) in [4.78, 5) is 13.5. The standard InChI is InChI=1S/C20H10N2O2S4/c1-3-15(25-9-1)11-5-7-13(23-11)17-21-19-20(27-17)22-18(28-19)14-8-6-12(24-14)16-4-2-10-26-16/h1-10H. The van der Waals surface area contributed by atoms with E-state index in [1.807, 2.05) is 47.2 Å². The predicted octanol–water partition coefficient (Wildman–Crippen LogP) is 7.73. The molecule has 0 radical (unpaired) electrons. The Hall–Kier alpha value is -2.52. The fourth-order valence-corrected chi connectivity index (χ4v) is 6.20. The molecule has 136 valence electrons. The van der Waals surface area contributed by atoms with E-state index in [1.165, 1.54) is 22.7 Å². The summed E-state index contributed by atoms with van der Waals surface area (Å²) in [5.41, 5.74) is 0. The predicted molar refractivity (Wildman–Crippen MR) is 117 cm³/mol. The molecule has 0 N–H and O–H groups in total. The summed E-state index contributed by atoms with van der Waals surface area (Å²) in [5.74, 6) is 3.29. The maximum atomic E-state index is 5.99. The first-order chi connectivity index (χ1) is 13.8. The highest BCUT2D eigenvalue weighted by Gasteiger charge is 2.18. The minimum absolute atomic E-state index is 0.776. The molecule has 6 heterocycles. The normalized spacial score (nSPS) is 11.6. The molecule has 0 bridgehead atoms. The van der Waals surface area contributed by atoms with Crippen LogP contribution in [0, 0.1) is 0 Å². The van der Waals surface area contributed by atoms with Gasteiger partial charge >= 0.3 is 0 Å². The van der Waals surface area contributed by atoms with Crippen molar-refractivity contribution < 1.29 is 8.83 Å². The number of thiazole rings is 2. The molecule has 0 aliphatic heterocycles. The van der Waals surface area contributed by atoms with Gasteiger partial charge < -0.3 is 8.83 Å². The van der Waals surface area contributed by atoms with E-state index in [-0.39, 0.29) is 0 Å². The highest BCUT2D eigenvalue weighted by Crippen LogP contribution is 2.40. The first-order valence-electron chi connectivity index (χ1n) is 8.39. The van der Waals surface area contributed by atoms with E-state index in [9.17, 15) is 0 Å². The summed E-state index contributed by atoms with van der Waals surface area (Å²) in [6.45, 7) is 0. The number of hydrogen-bond donors (Lipinski definition) is 0. The lowest BCUT2D eigenvalue weighted by Gasteiger charge is -1.92. The van der Waals surface area contributed by atoms with E-state index in [0.717, 1.165) is 52.5 Å². The molecule has 0 aliphatic carbocycles. The van der Waals surface area contributed by atoms with Gasteiger partial charge in [0, 0.05) is 0 Å². The Labute approximate surface area is 175 Å². The van der Waals surface area contributed by atoms with Crippen LogP contribution < -0.4 is 0 Å². The van der Waals surface area contributed by atoms with Crippen molar-refractivity contribution in [2.75, 3.05) is 0 Å². The average Bonchev–Trinajstić information content (AvgIpc) is 3.54. The third kappa shape index (κ3) is 2.77. The number of hydrogen-bond acceptors (Lipinski definition) is 8. The second-order valence-corrected chi connectivity index (χ2v) is 9.78. The van der Waals surface area contributed by atoms with Crippen molar-refractivity contribution in [2.24, 2.45) is 0 Å². The van der Waals surface area contributed by atoms with Crippen LogP contribution in [0.2, 0.25) is 0 Å². The van der Waals surface area contributed by atoms with E-state index in [1.54, 1.807) is 22.7 Å². The molecule has 6 aromatic heterocycles. The number of fused-ring (bicyclic) bond motifs is 1. The Balaban J connectivity index is 1.32. The highest BCUT2D eigenvalue weighted by atomic mass is 32.1. The molecule has 0 saturated heterocycles. The second kappa shape index (κ2) is 6.52. The number of aromatic nitrogens is 2. The van der Waals surface area contributed by atoms with E-state index < -0.39 is 0 Å². The van der Waals surface area contributed by atoms with E-state index >= 15 is 0 Å². The smallest absolute Gasteiger partial charge is 0.163 e. The molecule has 6 rings (SSSR count). The molecule has 0 aliphatic rings. The van der Waals surface area contributed by atoms with E-state index in [2.05, 4.69) is 12.1 Å². The quantitative estimate of drug-likeness (QED) is 0.282. The van der Waals surface area contributed by atoms with Crippen LogP contribution in [-0.4, -0.2) is 9.97 Å². The fourth-order valence-electron chi connectivity index (χ4n) is 2.86. The Bertz CT molecular complexity index is 1230. The van der Waals surface area contributed by atoms with Crippen molar-refractivity contribution >= 4 is 55.0 Å². The first-order valence-corrected chi connectivity index (χ1v) is 11.8. The SMILES string of the molecule is c1csc(-c2ccc(-c3nc4sc(-c5ccc(-c6cccs6)o5)nc4s3)o2)c1. The van der Waals surface area contributed by atoms with Gasteiger partial charge in [0.15, 0.2) is 31.2 Å². The number of rotatable bonds is 4. The van der Waals surface area contributed by atoms with Gasteiger partial charge in [0.05, 0.1) is 9.75 Å². The lowest BCUT2D eigenvalue weighted by molar-refractivity contribution is 0.598. The minimum atomic E-state index is 0.776. The van der Waals surface area contributed by atoms with Gasteiger partial charge in [0.2, 0.25) is 0 Å². The summed E-state index contributed by atoms with van der Waals surface area (Å²) in [7, 11) is 0. The molecule has 4 nitrogen and oxygen atoms in total. The zero-order valence-corrected chi connectivity index (χ0v) is 17.4. The molecule has 0 atom stereocenters. The third-order valence-electron chi connectivity index (χ3n) is 4.14. The summed E-state index contributed by atoms with van der Waals surface area (Å²) in [6.07, 6.45) is 0. The van der Waals surface area contributed by atoms with Gasteiger partial charge in [0.1, 0.15) is 11.5 Å². The summed E-state index contributed by atoms with van der Waals surface area (Å²) >= 11 is 6.40. The van der Waals surface area contributed by atoms with Gasteiger partial charge in [-0.1, -0.05) is 34.8 Å². The lowest BCUT2D eigenvalue weighted by Crippen LogP contribution is -1.70. The summed E-state index contributed by atoms with van der Waals surface area (Å²) in [5, 5.41) is 5.78. The first kappa shape index (κ1) is 16.4. The van der Waals surface area contributed by atoms with Crippen LogP contribution in [0.5, 0.6) is 0 Å². The number of nitrogens with zero attached hydrogens (tertiary/aromatic N) is 2. The number of thiophene rings is 2. The van der Waals surface area contributed by atoms with Gasteiger partial charge in [0.25, 0.3) is 0 Å². The van der Waals surface area contributed by atoms with Crippen molar-refractivity contribution in [3.8, 4) is 42.8 Å². The third-order valence-corrected chi connectivity index (χ3v) is 7.96. The highest BCUT2D eigenvalue weighted by molar-refractivity contribution is 7.29. The van der Waals surface area contributed by atoms with E-state index in [4.69, 9.17) is 18.8 Å². The van der Waals surface area contributed by atoms with Crippen LogP contribution in [0.3, 0.4) is 0 Å². The zero-order valence-electron chi connectivity index (χ0n) is 14.1. The van der Waals surface area contributed by atoms with Crippen molar-refractivity contribution in [3.05, 3.63) is 59.3 Å². The maximum absolute atomic E-state index is 5.99. The molecule has 28 heavy (non-hydrogen) atoms. The van der Waals surface area contributed by atoms with Crippen molar-refractivity contribution in [3.63, 3.8) is 0 Å². The van der Waals surface area contributed by atoms with E-state index in [0.29, 0.717) is 0 Å². The molecular weight excluding hydrogens is 429 g/mol. The molecule has 0 spiro atoms. The van der Waals surface area contributed by atoms with Crippen molar-refractivity contribution in [1.29, 1.82) is 0 Å². The van der Waals surface area contributed by atoms with Crippen LogP contribution in [-0.2, 0) is 0 Å². The van der Waals surface area contributed by atoms with Gasteiger partial charge in [-0.3, -0.25) is 0 Å². The van der Waals surface area contributed by atoms with Crippen molar-refractivity contribution in [1.82, 2.24) is 9.97 Å². The Morgan fingerprint density at radius 3 is 1.46 bits per heavy atom. The van der Waals surface area contributed by atoms with Crippen LogP contribution in [0.4, 0.5) is 0 Å². The molecular formula is C20H10N2O2S4. The lowest BCUT2D eigenvalue weighted by atomic mass is 10.4. The Morgan fingerprint density at radius 1 is 0.571 bits per heavy atom. The van der Waals surface area contributed by atoms with Crippen LogP contribution in [0.1, 0.15) is 0 Å². The van der Waals surface area contributed by atoms with Gasteiger partial charge in [-0.15, -0.1) is 22.7 Å². The zero-order chi connectivity index (χ0) is 18.5. The largest absolute Gasteiger partial charge is 0.453 e. The summed E-state index contributed by atoms with van der Waals surface area (Å²) in [6, 6.07) is 16.1. The van der Waals surface area contributed by atoms with Crippen LogP contribution >= 0.6 is 45.3 Å². The fraction of sp³-hybridized carbons (Fsp3) is 0. The molecule has 0 saturated carbocycles. The molecule has 0 unspecified atom stereocenters.